The number of aromatic nitrogens is 1. The molecule has 2 nitrogen and oxygen atoms in total. The normalized spacial score (nSPS) is 11.4. The quantitative estimate of drug-likeness (QED) is 0.839. The molecule has 0 atom stereocenters. The van der Waals surface area contributed by atoms with Crippen LogP contribution in [-0.2, 0) is 13.0 Å². The van der Waals surface area contributed by atoms with Gasteiger partial charge in [-0.1, -0.05) is 31.0 Å². The van der Waals surface area contributed by atoms with Crippen molar-refractivity contribution < 1.29 is 0 Å². The number of unbranched alkanes of at least 4 members (excludes halogenated alkanes) is 1. The van der Waals surface area contributed by atoms with Crippen molar-refractivity contribution in [3.05, 3.63) is 34.5 Å². The Hall–Kier alpha value is -0.990. The fourth-order valence-corrected chi connectivity index (χ4v) is 2.78. The number of fused-ring (bicyclic) bond motifs is 1. The van der Waals surface area contributed by atoms with Crippen molar-refractivity contribution in [1.29, 1.82) is 0 Å². The average Bonchev–Trinajstić information content (AvgIpc) is 2.77. The first kappa shape index (κ1) is 14.4. The zero-order chi connectivity index (χ0) is 13.8. The van der Waals surface area contributed by atoms with Crippen LogP contribution in [-0.4, -0.2) is 11.1 Å². The fraction of sp³-hybridized carbons (Fsp3) is 0.500. The highest BCUT2D eigenvalue weighted by Crippen LogP contribution is 2.30. The summed E-state index contributed by atoms with van der Waals surface area (Å²) in [7, 11) is 0. The van der Waals surface area contributed by atoms with Crippen LogP contribution in [0.5, 0.6) is 0 Å². The molecule has 0 spiro atoms. The molecule has 0 amide bonds. The van der Waals surface area contributed by atoms with Crippen LogP contribution in [0.1, 0.15) is 37.3 Å². The third-order valence-corrected chi connectivity index (χ3v) is 4.12. The summed E-state index contributed by atoms with van der Waals surface area (Å²) in [6, 6.07) is 4.16. The fourth-order valence-electron chi connectivity index (χ4n) is 2.62. The van der Waals surface area contributed by atoms with Crippen molar-refractivity contribution >= 4 is 22.5 Å². The molecule has 19 heavy (non-hydrogen) atoms. The highest BCUT2D eigenvalue weighted by molar-refractivity contribution is 6.32. The molecule has 1 aromatic heterocycles. The first-order valence-electron chi connectivity index (χ1n) is 7.16. The Kier molecular flexibility index (Phi) is 4.89. The lowest BCUT2D eigenvalue weighted by Gasteiger charge is -2.07. The second-order valence-electron chi connectivity index (χ2n) is 5.16. The Morgan fingerprint density at radius 1 is 1.26 bits per heavy atom. The van der Waals surface area contributed by atoms with Crippen LogP contribution in [0.2, 0.25) is 5.02 Å². The van der Waals surface area contributed by atoms with Gasteiger partial charge in [0.05, 0.1) is 5.52 Å². The number of nitrogens with two attached hydrogens (primary N) is 1. The summed E-state index contributed by atoms with van der Waals surface area (Å²) in [5.41, 5.74) is 9.52. The summed E-state index contributed by atoms with van der Waals surface area (Å²) in [6.07, 6.45) is 6.78. The van der Waals surface area contributed by atoms with Crippen LogP contribution in [0.3, 0.4) is 0 Å². The minimum atomic E-state index is 0.744. The Bertz CT molecular complexity index is 557. The van der Waals surface area contributed by atoms with E-state index in [0.717, 1.165) is 31.0 Å². The Balaban J connectivity index is 2.49. The van der Waals surface area contributed by atoms with Gasteiger partial charge in [0.1, 0.15) is 0 Å². The van der Waals surface area contributed by atoms with Gasteiger partial charge in [-0.25, -0.2) is 0 Å². The number of benzene rings is 1. The number of halogens is 1. The average molecular weight is 279 g/mol. The smallest absolute Gasteiger partial charge is 0.0527 e. The standard InChI is InChI=1S/C16H23ClN2/c1-3-4-10-19-11-13(6-5-9-18)14-7-8-15(17)12(2)16(14)19/h7-8,11H,3-6,9-10,18H2,1-2H3. The second-order valence-corrected chi connectivity index (χ2v) is 5.57. The van der Waals surface area contributed by atoms with Crippen molar-refractivity contribution in [2.24, 2.45) is 5.73 Å². The van der Waals surface area contributed by atoms with Gasteiger partial charge in [-0.2, -0.15) is 0 Å². The molecule has 2 N–H and O–H groups in total. The molecule has 2 aromatic rings. The van der Waals surface area contributed by atoms with Crippen LogP contribution < -0.4 is 5.73 Å². The van der Waals surface area contributed by atoms with Crippen molar-refractivity contribution in [2.75, 3.05) is 6.54 Å². The third kappa shape index (κ3) is 2.96. The Morgan fingerprint density at radius 2 is 2.05 bits per heavy atom. The second kappa shape index (κ2) is 6.44. The summed E-state index contributed by atoms with van der Waals surface area (Å²) < 4.78 is 2.37. The van der Waals surface area contributed by atoms with Gasteiger partial charge in [-0.3, -0.25) is 0 Å². The van der Waals surface area contributed by atoms with Crippen molar-refractivity contribution in [2.45, 2.75) is 46.1 Å². The molecular weight excluding hydrogens is 256 g/mol. The molecule has 0 saturated heterocycles. The van der Waals surface area contributed by atoms with Gasteiger partial charge in [0.15, 0.2) is 0 Å². The van der Waals surface area contributed by atoms with E-state index < -0.39 is 0 Å². The first-order valence-corrected chi connectivity index (χ1v) is 7.53. The predicted octanol–water partition coefficient (Wildman–Crippen LogP) is 4.29. The van der Waals surface area contributed by atoms with Gasteiger partial charge >= 0.3 is 0 Å². The molecule has 0 radical (unpaired) electrons. The highest BCUT2D eigenvalue weighted by atomic mass is 35.5. The van der Waals surface area contributed by atoms with Crippen LogP contribution in [0.15, 0.2) is 18.3 Å². The van der Waals surface area contributed by atoms with E-state index in [0.29, 0.717) is 0 Å². The Morgan fingerprint density at radius 3 is 2.74 bits per heavy atom. The molecule has 0 fully saturated rings. The largest absolute Gasteiger partial charge is 0.347 e. The maximum atomic E-state index is 6.27. The van der Waals surface area contributed by atoms with E-state index in [4.69, 9.17) is 17.3 Å². The molecule has 1 aromatic carbocycles. The number of hydrogen-bond acceptors (Lipinski definition) is 1. The SMILES string of the molecule is CCCCn1cc(CCCN)c2ccc(Cl)c(C)c21. The molecule has 0 bridgehead atoms. The zero-order valence-corrected chi connectivity index (χ0v) is 12.6. The molecule has 3 heteroatoms. The van der Waals surface area contributed by atoms with E-state index in [-0.39, 0.29) is 0 Å². The monoisotopic (exact) mass is 278 g/mol. The molecule has 0 aliphatic heterocycles. The van der Waals surface area contributed by atoms with Gasteiger partial charge in [-0.05, 0) is 49.9 Å². The van der Waals surface area contributed by atoms with Gasteiger partial charge < -0.3 is 10.3 Å². The van der Waals surface area contributed by atoms with E-state index in [9.17, 15) is 0 Å². The summed E-state index contributed by atoms with van der Waals surface area (Å²) >= 11 is 6.27. The predicted molar refractivity (Wildman–Crippen MR) is 84.0 cm³/mol. The molecular formula is C16H23ClN2. The molecule has 0 aliphatic rings. The Labute approximate surface area is 120 Å². The minimum Gasteiger partial charge on any atom is -0.347 e. The van der Waals surface area contributed by atoms with Crippen LogP contribution >= 0.6 is 11.6 Å². The van der Waals surface area contributed by atoms with E-state index in [1.54, 1.807) is 0 Å². The lowest BCUT2D eigenvalue weighted by molar-refractivity contribution is 0.647. The van der Waals surface area contributed by atoms with Gasteiger partial charge in [0, 0.05) is 23.2 Å². The number of nitrogens with zero attached hydrogens (tertiary/aromatic N) is 1. The third-order valence-electron chi connectivity index (χ3n) is 3.71. The number of hydrogen-bond donors (Lipinski definition) is 1. The van der Waals surface area contributed by atoms with Gasteiger partial charge in [-0.15, -0.1) is 0 Å². The van der Waals surface area contributed by atoms with Crippen molar-refractivity contribution in [3.8, 4) is 0 Å². The molecule has 0 aliphatic carbocycles. The van der Waals surface area contributed by atoms with Gasteiger partial charge in [0.25, 0.3) is 0 Å². The molecule has 0 unspecified atom stereocenters. The molecule has 104 valence electrons. The molecule has 2 rings (SSSR count). The van der Waals surface area contributed by atoms with Crippen molar-refractivity contribution in [3.63, 3.8) is 0 Å². The zero-order valence-electron chi connectivity index (χ0n) is 11.9. The number of rotatable bonds is 6. The summed E-state index contributed by atoms with van der Waals surface area (Å²) in [5, 5.41) is 2.19. The van der Waals surface area contributed by atoms with Crippen LogP contribution in [0.25, 0.3) is 10.9 Å². The summed E-state index contributed by atoms with van der Waals surface area (Å²) in [4.78, 5) is 0. The highest BCUT2D eigenvalue weighted by Gasteiger charge is 2.12. The van der Waals surface area contributed by atoms with Crippen LogP contribution in [0, 0.1) is 6.92 Å². The topological polar surface area (TPSA) is 30.9 Å². The van der Waals surface area contributed by atoms with Gasteiger partial charge in [0.2, 0.25) is 0 Å². The minimum absolute atomic E-state index is 0.744. The van der Waals surface area contributed by atoms with E-state index in [1.807, 2.05) is 6.07 Å². The number of aryl methyl sites for hydroxylation is 3. The van der Waals surface area contributed by atoms with E-state index in [1.165, 1.54) is 34.9 Å². The van der Waals surface area contributed by atoms with E-state index >= 15 is 0 Å². The molecule has 1 heterocycles. The van der Waals surface area contributed by atoms with E-state index in [2.05, 4.69) is 30.7 Å². The lowest BCUT2D eigenvalue weighted by atomic mass is 10.1. The summed E-state index contributed by atoms with van der Waals surface area (Å²) in [6.45, 7) is 6.14. The molecule has 0 saturated carbocycles. The maximum Gasteiger partial charge on any atom is 0.0527 e. The first-order chi connectivity index (χ1) is 9.19. The summed E-state index contributed by atoms with van der Waals surface area (Å²) in [5.74, 6) is 0. The lowest BCUT2D eigenvalue weighted by Crippen LogP contribution is -2.00. The van der Waals surface area contributed by atoms with Crippen molar-refractivity contribution in [1.82, 2.24) is 4.57 Å². The maximum absolute atomic E-state index is 6.27. The van der Waals surface area contributed by atoms with Crippen LogP contribution in [0.4, 0.5) is 0 Å².